The molecular formula is C12H16FN. The molecule has 1 fully saturated rings. The van der Waals surface area contributed by atoms with Crippen molar-refractivity contribution in [3.63, 3.8) is 0 Å². The number of benzene rings is 1. The summed E-state index contributed by atoms with van der Waals surface area (Å²) in [6.45, 7) is 2.16. The normalized spacial score (nSPS) is 23.1. The Labute approximate surface area is 84.3 Å². The standard InChI is InChI=1S/C12H16FN/c13-12-6-4-10(5-7-12)11-3-1-2-8-14-9-11/h4-7,11,14H,1-3,8-9H2/t11-/m1/s1. The SMILES string of the molecule is Fc1ccc([C@@H]2CCCCNC2)cc1. The first kappa shape index (κ1) is 9.66. The number of rotatable bonds is 1. The Morgan fingerprint density at radius 2 is 1.93 bits per heavy atom. The summed E-state index contributed by atoms with van der Waals surface area (Å²) >= 11 is 0. The minimum atomic E-state index is -0.143. The summed E-state index contributed by atoms with van der Waals surface area (Å²) in [7, 11) is 0. The Morgan fingerprint density at radius 3 is 2.71 bits per heavy atom. The topological polar surface area (TPSA) is 12.0 Å². The zero-order valence-electron chi connectivity index (χ0n) is 8.30. The molecule has 14 heavy (non-hydrogen) atoms. The van der Waals surface area contributed by atoms with Gasteiger partial charge in [-0.25, -0.2) is 4.39 Å². The summed E-state index contributed by atoms with van der Waals surface area (Å²) in [4.78, 5) is 0. The predicted molar refractivity (Wildman–Crippen MR) is 55.9 cm³/mol. The van der Waals surface area contributed by atoms with Crippen LogP contribution in [0.1, 0.15) is 30.7 Å². The van der Waals surface area contributed by atoms with Crippen LogP contribution < -0.4 is 5.32 Å². The van der Waals surface area contributed by atoms with E-state index in [-0.39, 0.29) is 5.82 Å². The average molecular weight is 193 g/mol. The molecule has 2 heteroatoms. The van der Waals surface area contributed by atoms with Crippen LogP contribution in [0.4, 0.5) is 4.39 Å². The summed E-state index contributed by atoms with van der Waals surface area (Å²) in [6.07, 6.45) is 3.76. The van der Waals surface area contributed by atoms with E-state index in [0.29, 0.717) is 5.92 Å². The Bertz CT molecular complexity index is 273. The minimum Gasteiger partial charge on any atom is -0.316 e. The van der Waals surface area contributed by atoms with Crippen LogP contribution in [0.3, 0.4) is 0 Å². The minimum absolute atomic E-state index is 0.143. The van der Waals surface area contributed by atoms with Crippen LogP contribution >= 0.6 is 0 Å². The van der Waals surface area contributed by atoms with Gasteiger partial charge >= 0.3 is 0 Å². The van der Waals surface area contributed by atoms with Gasteiger partial charge in [-0.3, -0.25) is 0 Å². The zero-order valence-corrected chi connectivity index (χ0v) is 8.30. The van der Waals surface area contributed by atoms with Crippen LogP contribution in [0.5, 0.6) is 0 Å². The molecule has 0 aliphatic carbocycles. The van der Waals surface area contributed by atoms with Crippen molar-refractivity contribution in [2.75, 3.05) is 13.1 Å². The fourth-order valence-electron chi connectivity index (χ4n) is 2.04. The molecule has 1 N–H and O–H groups in total. The molecule has 2 rings (SSSR count). The van der Waals surface area contributed by atoms with E-state index in [1.54, 1.807) is 12.1 Å². The van der Waals surface area contributed by atoms with Crippen LogP contribution in [-0.2, 0) is 0 Å². The highest BCUT2D eigenvalue weighted by atomic mass is 19.1. The highest BCUT2D eigenvalue weighted by molar-refractivity contribution is 5.21. The van der Waals surface area contributed by atoms with Gasteiger partial charge in [-0.15, -0.1) is 0 Å². The monoisotopic (exact) mass is 193 g/mol. The third-order valence-electron chi connectivity index (χ3n) is 2.89. The van der Waals surface area contributed by atoms with Gasteiger partial charge in [-0.05, 0) is 43.0 Å². The van der Waals surface area contributed by atoms with E-state index in [1.807, 2.05) is 12.1 Å². The molecule has 0 spiro atoms. The van der Waals surface area contributed by atoms with E-state index >= 15 is 0 Å². The first-order valence-electron chi connectivity index (χ1n) is 5.32. The number of hydrogen-bond acceptors (Lipinski definition) is 1. The smallest absolute Gasteiger partial charge is 0.123 e. The van der Waals surface area contributed by atoms with E-state index in [4.69, 9.17) is 0 Å². The summed E-state index contributed by atoms with van der Waals surface area (Å²) in [6, 6.07) is 6.93. The lowest BCUT2D eigenvalue weighted by atomic mass is 9.95. The molecule has 0 amide bonds. The summed E-state index contributed by atoms with van der Waals surface area (Å²) in [5, 5.41) is 3.42. The van der Waals surface area contributed by atoms with Crippen LogP contribution in [0.2, 0.25) is 0 Å². The molecule has 1 atom stereocenters. The number of halogens is 1. The molecule has 0 bridgehead atoms. The molecule has 0 unspecified atom stereocenters. The van der Waals surface area contributed by atoms with Crippen molar-refractivity contribution in [2.45, 2.75) is 25.2 Å². The Hall–Kier alpha value is -0.890. The first-order chi connectivity index (χ1) is 6.86. The van der Waals surface area contributed by atoms with Gasteiger partial charge in [0.05, 0.1) is 0 Å². The van der Waals surface area contributed by atoms with Gasteiger partial charge in [-0.1, -0.05) is 18.6 Å². The second kappa shape index (κ2) is 4.56. The second-order valence-electron chi connectivity index (χ2n) is 3.95. The van der Waals surface area contributed by atoms with Crippen molar-refractivity contribution < 1.29 is 4.39 Å². The number of nitrogens with one attached hydrogen (secondary N) is 1. The largest absolute Gasteiger partial charge is 0.316 e. The quantitative estimate of drug-likeness (QED) is 0.723. The van der Waals surface area contributed by atoms with Gasteiger partial charge < -0.3 is 5.32 Å². The second-order valence-corrected chi connectivity index (χ2v) is 3.95. The molecule has 0 saturated carbocycles. The van der Waals surface area contributed by atoms with E-state index in [1.165, 1.54) is 24.8 Å². The maximum Gasteiger partial charge on any atom is 0.123 e. The van der Waals surface area contributed by atoms with Crippen molar-refractivity contribution in [1.82, 2.24) is 5.32 Å². The van der Waals surface area contributed by atoms with Crippen molar-refractivity contribution in [3.8, 4) is 0 Å². The Kier molecular flexibility index (Phi) is 3.14. The third-order valence-corrected chi connectivity index (χ3v) is 2.89. The zero-order chi connectivity index (χ0) is 9.80. The van der Waals surface area contributed by atoms with Gasteiger partial charge in [-0.2, -0.15) is 0 Å². The Balaban J connectivity index is 2.08. The maximum absolute atomic E-state index is 12.7. The van der Waals surface area contributed by atoms with Crippen LogP contribution in [0, 0.1) is 5.82 Å². The Morgan fingerprint density at radius 1 is 1.14 bits per heavy atom. The molecule has 1 aromatic carbocycles. The highest BCUT2D eigenvalue weighted by Gasteiger charge is 2.13. The summed E-state index contributed by atoms with van der Waals surface area (Å²) in [5.74, 6) is 0.424. The maximum atomic E-state index is 12.7. The average Bonchev–Trinajstić information content (AvgIpc) is 2.47. The lowest BCUT2D eigenvalue weighted by molar-refractivity contribution is 0.601. The molecule has 1 aliphatic rings. The molecule has 76 valence electrons. The van der Waals surface area contributed by atoms with Crippen molar-refractivity contribution in [1.29, 1.82) is 0 Å². The fraction of sp³-hybridized carbons (Fsp3) is 0.500. The lowest BCUT2D eigenvalue weighted by Crippen LogP contribution is -2.19. The van der Waals surface area contributed by atoms with Gasteiger partial charge in [0.2, 0.25) is 0 Å². The van der Waals surface area contributed by atoms with Gasteiger partial charge in [0.1, 0.15) is 5.82 Å². The molecule has 1 aliphatic heterocycles. The highest BCUT2D eigenvalue weighted by Crippen LogP contribution is 2.23. The molecule has 1 heterocycles. The summed E-state index contributed by atoms with van der Waals surface area (Å²) in [5.41, 5.74) is 1.26. The molecule has 1 nitrogen and oxygen atoms in total. The molecule has 1 aromatic rings. The molecule has 1 saturated heterocycles. The molecule has 0 aromatic heterocycles. The van der Waals surface area contributed by atoms with Gasteiger partial charge in [0, 0.05) is 6.54 Å². The van der Waals surface area contributed by atoms with Crippen molar-refractivity contribution in [3.05, 3.63) is 35.6 Å². The fourth-order valence-corrected chi connectivity index (χ4v) is 2.04. The van der Waals surface area contributed by atoms with Gasteiger partial charge in [0.25, 0.3) is 0 Å². The van der Waals surface area contributed by atoms with Crippen molar-refractivity contribution in [2.24, 2.45) is 0 Å². The molecule has 0 radical (unpaired) electrons. The first-order valence-corrected chi connectivity index (χ1v) is 5.32. The summed E-state index contributed by atoms with van der Waals surface area (Å²) < 4.78 is 12.7. The number of hydrogen-bond donors (Lipinski definition) is 1. The van der Waals surface area contributed by atoms with E-state index < -0.39 is 0 Å². The van der Waals surface area contributed by atoms with Crippen LogP contribution in [0.25, 0.3) is 0 Å². The van der Waals surface area contributed by atoms with Gasteiger partial charge in [0.15, 0.2) is 0 Å². The molecular weight excluding hydrogens is 177 g/mol. The lowest BCUT2D eigenvalue weighted by Gasteiger charge is -2.14. The van der Waals surface area contributed by atoms with Crippen molar-refractivity contribution >= 4 is 0 Å². The van der Waals surface area contributed by atoms with E-state index in [9.17, 15) is 4.39 Å². The van der Waals surface area contributed by atoms with E-state index in [0.717, 1.165) is 13.1 Å². The predicted octanol–water partition coefficient (Wildman–Crippen LogP) is 2.68. The van der Waals surface area contributed by atoms with E-state index in [2.05, 4.69) is 5.32 Å². The van der Waals surface area contributed by atoms with Crippen LogP contribution in [-0.4, -0.2) is 13.1 Å². The van der Waals surface area contributed by atoms with Crippen LogP contribution in [0.15, 0.2) is 24.3 Å². The third kappa shape index (κ3) is 2.32.